The summed E-state index contributed by atoms with van der Waals surface area (Å²) in [6.45, 7) is 1.95. The average molecular weight is 199 g/mol. The van der Waals surface area contributed by atoms with Crippen LogP contribution in [0.15, 0.2) is 23.1 Å². The van der Waals surface area contributed by atoms with E-state index in [-0.39, 0.29) is 11.9 Å². The molecule has 0 amide bonds. The molecule has 1 aromatic rings. The Morgan fingerprint density at radius 1 is 1.54 bits per heavy atom. The third-order valence-corrected chi connectivity index (χ3v) is 2.53. The molecule has 0 aliphatic heterocycles. The molecule has 1 aromatic carbocycles. The highest BCUT2D eigenvalue weighted by atomic mass is 32.2. The summed E-state index contributed by atoms with van der Waals surface area (Å²) in [4.78, 5) is 0.693. The lowest BCUT2D eigenvalue weighted by Crippen LogP contribution is -2.17. The zero-order valence-corrected chi connectivity index (χ0v) is 8.70. The van der Waals surface area contributed by atoms with Crippen LogP contribution in [-0.4, -0.2) is 12.3 Å². The Kier molecular flexibility index (Phi) is 3.75. The van der Waals surface area contributed by atoms with Crippen LogP contribution in [0.2, 0.25) is 0 Å². The van der Waals surface area contributed by atoms with Crippen molar-refractivity contribution in [1.82, 2.24) is 0 Å². The predicted octanol–water partition coefficient (Wildman–Crippen LogP) is 2.44. The molecule has 0 saturated heterocycles. The molecular formula is C10H14FNS. The maximum absolute atomic E-state index is 13.1. The molecule has 1 nitrogen and oxygen atoms in total. The van der Waals surface area contributed by atoms with Crippen molar-refractivity contribution >= 4 is 11.8 Å². The Morgan fingerprint density at radius 3 is 2.77 bits per heavy atom. The van der Waals surface area contributed by atoms with E-state index >= 15 is 0 Å². The summed E-state index contributed by atoms with van der Waals surface area (Å²) in [5, 5.41) is 0. The normalized spacial score (nSPS) is 12.9. The molecule has 0 fully saturated rings. The standard InChI is InChI=1S/C10H14FNS/c1-7(12)5-8-3-4-9(11)10(6-8)13-2/h3-4,6-7H,5,12H2,1-2H3. The third-order valence-electron chi connectivity index (χ3n) is 1.77. The number of hydrogen-bond acceptors (Lipinski definition) is 2. The van der Waals surface area contributed by atoms with Crippen molar-refractivity contribution in [2.45, 2.75) is 24.3 Å². The van der Waals surface area contributed by atoms with Gasteiger partial charge in [0.15, 0.2) is 0 Å². The summed E-state index contributed by atoms with van der Waals surface area (Å²) in [6, 6.07) is 5.28. The molecular weight excluding hydrogens is 185 g/mol. The first-order valence-electron chi connectivity index (χ1n) is 4.21. The lowest BCUT2D eigenvalue weighted by Gasteiger charge is -2.06. The SMILES string of the molecule is CSc1cc(CC(C)N)ccc1F. The van der Waals surface area contributed by atoms with Gasteiger partial charge < -0.3 is 5.73 Å². The van der Waals surface area contributed by atoms with Crippen molar-refractivity contribution in [2.75, 3.05) is 6.26 Å². The lowest BCUT2D eigenvalue weighted by atomic mass is 10.1. The van der Waals surface area contributed by atoms with Gasteiger partial charge in [-0.25, -0.2) is 4.39 Å². The molecule has 2 N–H and O–H groups in total. The molecule has 13 heavy (non-hydrogen) atoms. The molecule has 1 atom stereocenters. The minimum atomic E-state index is -0.152. The second-order valence-corrected chi connectivity index (χ2v) is 4.00. The van der Waals surface area contributed by atoms with E-state index in [0.717, 1.165) is 12.0 Å². The average Bonchev–Trinajstić information content (AvgIpc) is 2.07. The van der Waals surface area contributed by atoms with Gasteiger partial charge in [0, 0.05) is 10.9 Å². The van der Waals surface area contributed by atoms with E-state index in [2.05, 4.69) is 0 Å². The van der Waals surface area contributed by atoms with E-state index in [4.69, 9.17) is 5.73 Å². The molecule has 1 rings (SSSR count). The van der Waals surface area contributed by atoms with Gasteiger partial charge in [-0.1, -0.05) is 6.07 Å². The minimum Gasteiger partial charge on any atom is -0.328 e. The molecule has 1 unspecified atom stereocenters. The Hall–Kier alpha value is -0.540. The second-order valence-electron chi connectivity index (χ2n) is 3.15. The van der Waals surface area contributed by atoms with Crippen LogP contribution in [0.4, 0.5) is 4.39 Å². The summed E-state index contributed by atoms with van der Waals surface area (Å²) in [6.07, 6.45) is 2.67. The fourth-order valence-corrected chi connectivity index (χ4v) is 1.74. The first-order valence-corrected chi connectivity index (χ1v) is 5.44. The van der Waals surface area contributed by atoms with Gasteiger partial charge in [-0.3, -0.25) is 0 Å². The molecule has 0 bridgehead atoms. The molecule has 0 aromatic heterocycles. The summed E-state index contributed by atoms with van der Waals surface area (Å²) in [5.74, 6) is -0.152. The van der Waals surface area contributed by atoms with E-state index in [1.807, 2.05) is 19.2 Å². The fourth-order valence-electron chi connectivity index (χ4n) is 1.20. The van der Waals surface area contributed by atoms with Crippen LogP contribution in [-0.2, 0) is 6.42 Å². The summed E-state index contributed by atoms with van der Waals surface area (Å²) in [5.41, 5.74) is 6.75. The third kappa shape index (κ3) is 3.01. The quantitative estimate of drug-likeness (QED) is 0.757. The number of benzene rings is 1. The van der Waals surface area contributed by atoms with Crippen LogP contribution in [0.25, 0.3) is 0 Å². The van der Waals surface area contributed by atoms with E-state index in [9.17, 15) is 4.39 Å². The van der Waals surface area contributed by atoms with Crippen LogP contribution in [0.5, 0.6) is 0 Å². The van der Waals surface area contributed by atoms with E-state index in [1.165, 1.54) is 17.8 Å². The molecule has 0 heterocycles. The largest absolute Gasteiger partial charge is 0.328 e. The predicted molar refractivity (Wildman–Crippen MR) is 55.5 cm³/mol. The van der Waals surface area contributed by atoms with Gasteiger partial charge in [-0.15, -0.1) is 11.8 Å². The molecule has 3 heteroatoms. The van der Waals surface area contributed by atoms with Crippen molar-refractivity contribution in [3.05, 3.63) is 29.6 Å². The monoisotopic (exact) mass is 199 g/mol. The van der Waals surface area contributed by atoms with Crippen LogP contribution in [0.3, 0.4) is 0 Å². The van der Waals surface area contributed by atoms with Gasteiger partial charge in [0.2, 0.25) is 0 Å². The maximum atomic E-state index is 13.1. The molecule has 0 spiro atoms. The van der Waals surface area contributed by atoms with Crippen molar-refractivity contribution < 1.29 is 4.39 Å². The second kappa shape index (κ2) is 4.63. The van der Waals surface area contributed by atoms with Crippen molar-refractivity contribution in [3.63, 3.8) is 0 Å². The highest BCUT2D eigenvalue weighted by Gasteiger charge is 2.03. The molecule has 0 radical (unpaired) electrons. The van der Waals surface area contributed by atoms with Gasteiger partial charge in [0.05, 0.1) is 0 Å². The lowest BCUT2D eigenvalue weighted by molar-refractivity contribution is 0.599. The van der Waals surface area contributed by atoms with Crippen molar-refractivity contribution in [2.24, 2.45) is 5.73 Å². The number of rotatable bonds is 3. The van der Waals surface area contributed by atoms with Crippen LogP contribution in [0.1, 0.15) is 12.5 Å². The van der Waals surface area contributed by atoms with Crippen LogP contribution in [0, 0.1) is 5.82 Å². The first-order chi connectivity index (χ1) is 6.13. The highest BCUT2D eigenvalue weighted by Crippen LogP contribution is 2.20. The Bertz CT molecular complexity index is 286. The zero-order chi connectivity index (χ0) is 9.84. The van der Waals surface area contributed by atoms with Gasteiger partial charge >= 0.3 is 0 Å². The van der Waals surface area contributed by atoms with E-state index in [1.54, 1.807) is 6.07 Å². The Balaban J connectivity index is 2.86. The highest BCUT2D eigenvalue weighted by molar-refractivity contribution is 7.98. The number of hydrogen-bond donors (Lipinski definition) is 1. The Labute approximate surface area is 82.5 Å². The first kappa shape index (κ1) is 10.5. The summed E-state index contributed by atoms with van der Waals surface area (Å²) in [7, 11) is 0. The van der Waals surface area contributed by atoms with E-state index in [0.29, 0.717) is 4.90 Å². The van der Waals surface area contributed by atoms with Gasteiger partial charge in [-0.2, -0.15) is 0 Å². The molecule has 0 saturated carbocycles. The molecule has 0 aliphatic rings. The smallest absolute Gasteiger partial charge is 0.136 e. The fraction of sp³-hybridized carbons (Fsp3) is 0.400. The van der Waals surface area contributed by atoms with Gasteiger partial charge in [-0.05, 0) is 37.3 Å². The number of nitrogens with two attached hydrogens (primary N) is 1. The summed E-state index contributed by atoms with van der Waals surface area (Å²) >= 11 is 1.42. The van der Waals surface area contributed by atoms with E-state index < -0.39 is 0 Å². The minimum absolute atomic E-state index is 0.125. The zero-order valence-electron chi connectivity index (χ0n) is 7.88. The van der Waals surface area contributed by atoms with Gasteiger partial charge in [0.25, 0.3) is 0 Å². The molecule has 72 valence electrons. The van der Waals surface area contributed by atoms with Crippen molar-refractivity contribution in [1.29, 1.82) is 0 Å². The molecule has 0 aliphatic carbocycles. The van der Waals surface area contributed by atoms with Gasteiger partial charge in [0.1, 0.15) is 5.82 Å². The van der Waals surface area contributed by atoms with Crippen LogP contribution < -0.4 is 5.73 Å². The van der Waals surface area contributed by atoms with Crippen molar-refractivity contribution in [3.8, 4) is 0 Å². The maximum Gasteiger partial charge on any atom is 0.136 e. The topological polar surface area (TPSA) is 26.0 Å². The number of thioether (sulfide) groups is 1. The summed E-state index contributed by atoms with van der Waals surface area (Å²) < 4.78 is 13.1. The Morgan fingerprint density at radius 2 is 2.23 bits per heavy atom. The van der Waals surface area contributed by atoms with Crippen LogP contribution >= 0.6 is 11.8 Å². The number of halogens is 1.